The van der Waals surface area contributed by atoms with Crippen LogP contribution in [0, 0.1) is 6.92 Å². The predicted molar refractivity (Wildman–Crippen MR) is 134 cm³/mol. The standard InChI is InChI=1S/C26H30N6O/c1-20-6-5-9-22(18-20)19-27-30-24-23-11-13-31(12-10-21-7-3-2-4-8-21)25(23)29-26(28-24)32-14-16-33-17-15-32/h2-9,18-19H,10-17H2,1H3,(H,28,29,30)/b27-19+. The maximum absolute atomic E-state index is 5.53. The largest absolute Gasteiger partial charge is 0.378 e. The van der Waals surface area contributed by atoms with Crippen LogP contribution in [0.3, 0.4) is 0 Å². The molecule has 2 aliphatic heterocycles. The van der Waals surface area contributed by atoms with Gasteiger partial charge in [-0.15, -0.1) is 0 Å². The molecule has 0 aliphatic carbocycles. The van der Waals surface area contributed by atoms with Gasteiger partial charge in [0, 0.05) is 31.7 Å². The van der Waals surface area contributed by atoms with Crippen molar-refractivity contribution in [2.75, 3.05) is 54.6 Å². The van der Waals surface area contributed by atoms with E-state index in [9.17, 15) is 0 Å². The minimum atomic E-state index is 0.701. The highest BCUT2D eigenvalue weighted by atomic mass is 16.5. The Morgan fingerprint density at radius 3 is 2.70 bits per heavy atom. The summed E-state index contributed by atoms with van der Waals surface area (Å²) in [4.78, 5) is 14.5. The molecule has 33 heavy (non-hydrogen) atoms. The van der Waals surface area contributed by atoms with Gasteiger partial charge >= 0.3 is 0 Å². The highest BCUT2D eigenvalue weighted by Crippen LogP contribution is 2.33. The number of hydrazone groups is 1. The zero-order valence-corrected chi connectivity index (χ0v) is 19.1. The Kier molecular flexibility index (Phi) is 6.48. The quantitative estimate of drug-likeness (QED) is 0.445. The number of nitrogens with one attached hydrogen (secondary N) is 1. The smallest absolute Gasteiger partial charge is 0.229 e. The Bertz CT molecular complexity index is 1110. The van der Waals surface area contributed by atoms with Crippen molar-refractivity contribution in [1.29, 1.82) is 0 Å². The second-order valence-corrected chi connectivity index (χ2v) is 8.53. The number of anilines is 3. The van der Waals surface area contributed by atoms with Crippen molar-refractivity contribution in [3.8, 4) is 0 Å². The number of nitrogens with zero attached hydrogens (tertiary/aromatic N) is 5. The Morgan fingerprint density at radius 2 is 1.88 bits per heavy atom. The van der Waals surface area contributed by atoms with E-state index in [0.29, 0.717) is 13.2 Å². The average molecular weight is 443 g/mol. The van der Waals surface area contributed by atoms with E-state index in [1.54, 1.807) is 0 Å². The summed E-state index contributed by atoms with van der Waals surface area (Å²) in [5.41, 5.74) is 7.98. The molecule has 1 fully saturated rings. The number of aryl methyl sites for hydroxylation is 1. The van der Waals surface area contributed by atoms with Gasteiger partial charge in [-0.1, -0.05) is 60.2 Å². The fourth-order valence-corrected chi connectivity index (χ4v) is 4.35. The molecule has 5 rings (SSSR count). The predicted octanol–water partition coefficient (Wildman–Crippen LogP) is 3.67. The van der Waals surface area contributed by atoms with E-state index in [4.69, 9.17) is 14.7 Å². The fraction of sp³-hybridized carbons (Fsp3) is 0.346. The van der Waals surface area contributed by atoms with E-state index in [1.807, 2.05) is 18.3 Å². The molecule has 0 saturated carbocycles. The molecule has 0 radical (unpaired) electrons. The van der Waals surface area contributed by atoms with Crippen molar-refractivity contribution in [2.24, 2.45) is 5.10 Å². The molecule has 7 heteroatoms. The molecule has 0 amide bonds. The molecular formula is C26H30N6O. The fourth-order valence-electron chi connectivity index (χ4n) is 4.35. The lowest BCUT2D eigenvalue weighted by Crippen LogP contribution is -2.37. The topological polar surface area (TPSA) is 65.9 Å². The number of ether oxygens (including phenoxy) is 1. The third kappa shape index (κ3) is 5.14. The summed E-state index contributed by atoms with van der Waals surface area (Å²) in [6.45, 7) is 6.96. The molecule has 170 valence electrons. The van der Waals surface area contributed by atoms with E-state index in [1.165, 1.54) is 11.1 Å². The van der Waals surface area contributed by atoms with Crippen molar-refractivity contribution < 1.29 is 4.74 Å². The van der Waals surface area contributed by atoms with Crippen LogP contribution in [-0.4, -0.2) is 55.6 Å². The van der Waals surface area contributed by atoms with Gasteiger partial charge in [0.15, 0.2) is 5.82 Å². The van der Waals surface area contributed by atoms with E-state index in [2.05, 4.69) is 69.7 Å². The van der Waals surface area contributed by atoms with Crippen LogP contribution in [0.5, 0.6) is 0 Å². The first-order chi connectivity index (χ1) is 16.3. The molecular weight excluding hydrogens is 412 g/mol. The summed E-state index contributed by atoms with van der Waals surface area (Å²) < 4.78 is 5.53. The molecule has 0 spiro atoms. The van der Waals surface area contributed by atoms with Crippen molar-refractivity contribution in [3.63, 3.8) is 0 Å². The zero-order chi connectivity index (χ0) is 22.5. The van der Waals surface area contributed by atoms with Crippen LogP contribution in [0.4, 0.5) is 17.6 Å². The van der Waals surface area contributed by atoms with Crippen LogP contribution in [0.25, 0.3) is 0 Å². The maximum Gasteiger partial charge on any atom is 0.229 e. The summed E-state index contributed by atoms with van der Waals surface area (Å²) >= 11 is 0. The SMILES string of the molecule is Cc1cccc(/C=N/Nc2nc(N3CCOCC3)nc3c2CCN3CCc2ccccc2)c1. The molecule has 7 nitrogen and oxygen atoms in total. The van der Waals surface area contributed by atoms with Crippen molar-refractivity contribution in [2.45, 2.75) is 19.8 Å². The van der Waals surface area contributed by atoms with Gasteiger partial charge in [-0.25, -0.2) is 0 Å². The number of fused-ring (bicyclic) bond motifs is 1. The monoisotopic (exact) mass is 442 g/mol. The Labute approximate surface area is 195 Å². The summed E-state index contributed by atoms with van der Waals surface area (Å²) in [5, 5.41) is 4.51. The van der Waals surface area contributed by atoms with Gasteiger partial charge in [0.05, 0.1) is 19.4 Å². The van der Waals surface area contributed by atoms with Crippen LogP contribution in [0.1, 0.15) is 22.3 Å². The number of hydrogen-bond donors (Lipinski definition) is 1. The molecule has 1 N–H and O–H groups in total. The number of aromatic nitrogens is 2. The normalized spacial score (nSPS) is 15.8. The lowest BCUT2D eigenvalue weighted by atomic mass is 10.1. The minimum Gasteiger partial charge on any atom is -0.378 e. The first kappa shape index (κ1) is 21.4. The molecule has 2 aromatic carbocycles. The second kappa shape index (κ2) is 10.0. The molecule has 3 heterocycles. The Balaban J connectivity index is 1.39. The third-order valence-corrected chi connectivity index (χ3v) is 6.14. The van der Waals surface area contributed by atoms with Crippen LogP contribution in [-0.2, 0) is 17.6 Å². The third-order valence-electron chi connectivity index (χ3n) is 6.14. The molecule has 0 unspecified atom stereocenters. The number of morpholine rings is 1. The molecule has 0 atom stereocenters. The van der Waals surface area contributed by atoms with Crippen LogP contribution >= 0.6 is 0 Å². The van der Waals surface area contributed by atoms with Crippen molar-refractivity contribution in [1.82, 2.24) is 9.97 Å². The van der Waals surface area contributed by atoms with Crippen LogP contribution in [0.15, 0.2) is 59.7 Å². The lowest BCUT2D eigenvalue weighted by Gasteiger charge is -2.28. The van der Waals surface area contributed by atoms with E-state index >= 15 is 0 Å². The van der Waals surface area contributed by atoms with Gasteiger partial charge in [0.25, 0.3) is 0 Å². The lowest BCUT2D eigenvalue weighted by molar-refractivity contribution is 0.122. The first-order valence-electron chi connectivity index (χ1n) is 11.6. The van der Waals surface area contributed by atoms with E-state index in [-0.39, 0.29) is 0 Å². The van der Waals surface area contributed by atoms with Gasteiger partial charge in [-0.3, -0.25) is 5.43 Å². The Hall–Kier alpha value is -3.45. The maximum atomic E-state index is 5.53. The number of hydrogen-bond acceptors (Lipinski definition) is 7. The first-order valence-corrected chi connectivity index (χ1v) is 11.6. The van der Waals surface area contributed by atoms with Crippen LogP contribution < -0.4 is 15.2 Å². The summed E-state index contributed by atoms with van der Waals surface area (Å²) in [6, 6.07) is 18.9. The van der Waals surface area contributed by atoms with Gasteiger partial charge in [0.2, 0.25) is 5.95 Å². The Morgan fingerprint density at radius 1 is 1.03 bits per heavy atom. The molecule has 3 aromatic rings. The molecule has 1 aromatic heterocycles. The highest BCUT2D eigenvalue weighted by molar-refractivity contribution is 5.80. The van der Waals surface area contributed by atoms with Crippen LogP contribution in [0.2, 0.25) is 0 Å². The molecule has 2 aliphatic rings. The number of rotatable bonds is 7. The summed E-state index contributed by atoms with van der Waals surface area (Å²) in [7, 11) is 0. The molecule has 0 bridgehead atoms. The number of benzene rings is 2. The van der Waals surface area contributed by atoms with E-state index < -0.39 is 0 Å². The molecule has 1 saturated heterocycles. The van der Waals surface area contributed by atoms with Gasteiger partial charge in [-0.2, -0.15) is 15.1 Å². The highest BCUT2D eigenvalue weighted by Gasteiger charge is 2.27. The zero-order valence-electron chi connectivity index (χ0n) is 19.1. The summed E-state index contributed by atoms with van der Waals surface area (Å²) in [6.07, 6.45) is 3.75. The van der Waals surface area contributed by atoms with Gasteiger partial charge in [0.1, 0.15) is 5.82 Å². The minimum absolute atomic E-state index is 0.701. The van der Waals surface area contributed by atoms with E-state index in [0.717, 1.165) is 67.7 Å². The van der Waals surface area contributed by atoms with Crippen molar-refractivity contribution in [3.05, 3.63) is 76.9 Å². The summed E-state index contributed by atoms with van der Waals surface area (Å²) in [5.74, 6) is 2.57. The average Bonchev–Trinajstić information content (AvgIpc) is 3.27. The second-order valence-electron chi connectivity index (χ2n) is 8.53. The van der Waals surface area contributed by atoms with Gasteiger partial charge in [-0.05, 0) is 30.9 Å². The van der Waals surface area contributed by atoms with Crippen molar-refractivity contribution >= 4 is 23.8 Å². The van der Waals surface area contributed by atoms with Gasteiger partial charge < -0.3 is 14.5 Å².